The molecular weight excluding hydrogens is 256 g/mol. The maximum absolute atomic E-state index is 4.91. The Labute approximate surface area is 126 Å². The molecule has 0 saturated carbocycles. The van der Waals surface area contributed by atoms with Gasteiger partial charge in [-0.15, -0.1) is 0 Å². The number of hydrogen-bond acceptors (Lipinski definition) is 2. The summed E-state index contributed by atoms with van der Waals surface area (Å²) in [5, 5.41) is 0. The van der Waals surface area contributed by atoms with Crippen molar-refractivity contribution in [2.75, 3.05) is 4.90 Å². The SMILES string of the molecule is CCC1N=C(c2ccccc2)C=CN1c1ccc(C)cc1. The molecule has 0 amide bonds. The number of rotatable bonds is 3. The first-order chi connectivity index (χ1) is 10.3. The van der Waals surface area contributed by atoms with E-state index in [1.54, 1.807) is 0 Å². The molecule has 2 aromatic carbocycles. The van der Waals surface area contributed by atoms with E-state index >= 15 is 0 Å². The number of aliphatic imine (C=N–C) groups is 1. The summed E-state index contributed by atoms with van der Waals surface area (Å²) in [6, 6.07) is 19.0. The summed E-state index contributed by atoms with van der Waals surface area (Å²) in [6.07, 6.45) is 5.39. The van der Waals surface area contributed by atoms with Crippen LogP contribution in [0, 0.1) is 6.92 Å². The maximum atomic E-state index is 4.91. The van der Waals surface area contributed by atoms with Gasteiger partial charge in [0.2, 0.25) is 0 Å². The quantitative estimate of drug-likeness (QED) is 0.802. The number of aryl methyl sites for hydroxylation is 1. The zero-order chi connectivity index (χ0) is 14.7. The van der Waals surface area contributed by atoms with Crippen molar-refractivity contribution in [3.8, 4) is 0 Å². The van der Waals surface area contributed by atoms with Crippen LogP contribution in [0.1, 0.15) is 24.5 Å². The first-order valence-electron chi connectivity index (χ1n) is 7.44. The van der Waals surface area contributed by atoms with Crippen LogP contribution >= 0.6 is 0 Å². The highest BCUT2D eigenvalue weighted by Crippen LogP contribution is 2.24. The van der Waals surface area contributed by atoms with Gasteiger partial charge in [0.25, 0.3) is 0 Å². The number of anilines is 1. The Hall–Kier alpha value is -2.35. The van der Waals surface area contributed by atoms with E-state index in [1.165, 1.54) is 16.8 Å². The van der Waals surface area contributed by atoms with Crippen molar-refractivity contribution in [1.82, 2.24) is 0 Å². The predicted octanol–water partition coefficient (Wildman–Crippen LogP) is 4.55. The van der Waals surface area contributed by atoms with Crippen LogP contribution in [-0.2, 0) is 0 Å². The largest absolute Gasteiger partial charge is 0.325 e. The lowest BCUT2D eigenvalue weighted by Gasteiger charge is -2.30. The van der Waals surface area contributed by atoms with Crippen LogP contribution in [0.3, 0.4) is 0 Å². The van der Waals surface area contributed by atoms with Gasteiger partial charge in [-0.1, -0.05) is 55.0 Å². The molecule has 2 aromatic rings. The molecule has 0 aliphatic carbocycles. The first kappa shape index (κ1) is 13.6. The average Bonchev–Trinajstić information content (AvgIpc) is 2.56. The fraction of sp³-hybridized carbons (Fsp3) is 0.211. The van der Waals surface area contributed by atoms with Crippen molar-refractivity contribution in [2.45, 2.75) is 26.4 Å². The third-order valence-corrected chi connectivity index (χ3v) is 3.77. The minimum atomic E-state index is 0.160. The molecule has 21 heavy (non-hydrogen) atoms. The van der Waals surface area contributed by atoms with Gasteiger partial charge in [0.05, 0.1) is 5.71 Å². The van der Waals surface area contributed by atoms with Gasteiger partial charge in [-0.2, -0.15) is 0 Å². The Morgan fingerprint density at radius 2 is 1.71 bits per heavy atom. The molecule has 1 aliphatic heterocycles. The minimum Gasteiger partial charge on any atom is -0.325 e. The third kappa shape index (κ3) is 2.89. The van der Waals surface area contributed by atoms with E-state index in [-0.39, 0.29) is 6.17 Å². The van der Waals surface area contributed by atoms with Crippen LogP contribution in [0.2, 0.25) is 0 Å². The fourth-order valence-corrected chi connectivity index (χ4v) is 2.56. The zero-order valence-corrected chi connectivity index (χ0v) is 12.5. The molecule has 0 radical (unpaired) electrons. The first-order valence-corrected chi connectivity index (χ1v) is 7.44. The van der Waals surface area contributed by atoms with E-state index in [9.17, 15) is 0 Å². The van der Waals surface area contributed by atoms with Crippen molar-refractivity contribution >= 4 is 11.4 Å². The van der Waals surface area contributed by atoms with E-state index in [0.717, 1.165) is 12.1 Å². The second-order valence-electron chi connectivity index (χ2n) is 5.33. The van der Waals surface area contributed by atoms with Gasteiger partial charge in [0.1, 0.15) is 6.17 Å². The van der Waals surface area contributed by atoms with Crippen molar-refractivity contribution in [2.24, 2.45) is 4.99 Å². The standard InChI is InChI=1S/C19H20N2/c1-3-19-20-18(16-7-5-4-6-8-16)13-14-21(19)17-11-9-15(2)10-12-17/h4-14,19H,3H2,1-2H3. The van der Waals surface area contributed by atoms with Gasteiger partial charge >= 0.3 is 0 Å². The molecule has 2 nitrogen and oxygen atoms in total. The molecule has 0 bridgehead atoms. The molecule has 1 unspecified atom stereocenters. The molecule has 3 rings (SSSR count). The van der Waals surface area contributed by atoms with Crippen molar-refractivity contribution < 1.29 is 0 Å². The summed E-state index contributed by atoms with van der Waals surface area (Å²) in [6.45, 7) is 4.29. The van der Waals surface area contributed by atoms with Crippen molar-refractivity contribution in [3.63, 3.8) is 0 Å². The molecule has 0 spiro atoms. The molecule has 1 atom stereocenters. The third-order valence-electron chi connectivity index (χ3n) is 3.77. The van der Waals surface area contributed by atoms with Gasteiger partial charge in [-0.05, 0) is 37.1 Å². The van der Waals surface area contributed by atoms with Crippen LogP contribution in [0.15, 0.2) is 71.9 Å². The topological polar surface area (TPSA) is 15.6 Å². The second-order valence-corrected chi connectivity index (χ2v) is 5.33. The molecule has 0 fully saturated rings. The van der Waals surface area contributed by atoms with Gasteiger partial charge < -0.3 is 4.90 Å². The van der Waals surface area contributed by atoms with Gasteiger partial charge in [-0.3, -0.25) is 4.99 Å². The molecular formula is C19H20N2. The summed E-state index contributed by atoms with van der Waals surface area (Å²) < 4.78 is 0. The lowest BCUT2D eigenvalue weighted by Crippen LogP contribution is -2.32. The maximum Gasteiger partial charge on any atom is 0.125 e. The van der Waals surface area contributed by atoms with E-state index in [4.69, 9.17) is 4.99 Å². The van der Waals surface area contributed by atoms with Crippen LogP contribution in [0.25, 0.3) is 0 Å². The molecule has 0 saturated heterocycles. The van der Waals surface area contributed by atoms with Crippen molar-refractivity contribution in [3.05, 3.63) is 78.0 Å². The molecule has 1 heterocycles. The number of allylic oxidation sites excluding steroid dienone is 1. The molecule has 0 N–H and O–H groups in total. The molecule has 0 aromatic heterocycles. The summed E-state index contributed by atoms with van der Waals surface area (Å²) >= 11 is 0. The van der Waals surface area contributed by atoms with E-state index < -0.39 is 0 Å². The zero-order valence-electron chi connectivity index (χ0n) is 12.5. The average molecular weight is 276 g/mol. The van der Waals surface area contributed by atoms with Crippen LogP contribution in [-0.4, -0.2) is 11.9 Å². The summed E-state index contributed by atoms with van der Waals surface area (Å²) in [5.41, 5.74) is 4.71. The lowest BCUT2D eigenvalue weighted by molar-refractivity contribution is 0.651. The van der Waals surface area contributed by atoms with E-state index in [2.05, 4.69) is 79.6 Å². The summed E-state index contributed by atoms with van der Waals surface area (Å²) in [4.78, 5) is 7.15. The van der Waals surface area contributed by atoms with Crippen molar-refractivity contribution in [1.29, 1.82) is 0 Å². The molecule has 2 heteroatoms. The van der Waals surface area contributed by atoms with E-state index in [1.807, 2.05) is 6.07 Å². The lowest BCUT2D eigenvalue weighted by atomic mass is 10.1. The Balaban J connectivity index is 1.89. The highest BCUT2D eigenvalue weighted by atomic mass is 15.2. The normalized spacial score (nSPS) is 17.7. The highest BCUT2D eigenvalue weighted by molar-refractivity contribution is 6.09. The van der Waals surface area contributed by atoms with Gasteiger partial charge in [0, 0.05) is 11.9 Å². The molecule has 106 valence electrons. The Morgan fingerprint density at radius 1 is 1.00 bits per heavy atom. The number of benzene rings is 2. The van der Waals surface area contributed by atoms with Crippen LogP contribution < -0.4 is 4.90 Å². The summed E-state index contributed by atoms with van der Waals surface area (Å²) in [7, 11) is 0. The fourth-order valence-electron chi connectivity index (χ4n) is 2.56. The van der Waals surface area contributed by atoms with Crippen LogP contribution in [0.4, 0.5) is 5.69 Å². The highest BCUT2D eigenvalue weighted by Gasteiger charge is 2.18. The molecule has 1 aliphatic rings. The van der Waals surface area contributed by atoms with Gasteiger partial charge in [-0.25, -0.2) is 0 Å². The smallest absolute Gasteiger partial charge is 0.125 e. The predicted molar refractivity (Wildman–Crippen MR) is 89.9 cm³/mol. The summed E-state index contributed by atoms with van der Waals surface area (Å²) in [5.74, 6) is 0. The van der Waals surface area contributed by atoms with Gasteiger partial charge in [0.15, 0.2) is 0 Å². The number of nitrogens with zero attached hydrogens (tertiary/aromatic N) is 2. The second kappa shape index (κ2) is 5.96. The number of hydrogen-bond donors (Lipinski definition) is 0. The minimum absolute atomic E-state index is 0.160. The van der Waals surface area contributed by atoms with Crippen LogP contribution in [0.5, 0.6) is 0 Å². The Kier molecular flexibility index (Phi) is 3.87. The Morgan fingerprint density at radius 3 is 2.38 bits per heavy atom. The Bertz CT molecular complexity index is 654. The van der Waals surface area contributed by atoms with E-state index in [0.29, 0.717) is 0 Å². The monoisotopic (exact) mass is 276 g/mol.